The van der Waals surface area contributed by atoms with E-state index in [-0.39, 0.29) is 0 Å². The molecule has 0 aromatic carbocycles. The van der Waals surface area contributed by atoms with Gasteiger partial charge in [-0.2, -0.15) is 0 Å². The number of hydrogen-bond acceptors (Lipinski definition) is 4. The standard InChI is InChI=1S/C18H28N4/c1-14-13-17(20-18(19-14)15-7-8-15)22-11-9-21(10-12-22)16-5-3-2-4-6-16/h13,15-16H,2-12H2,1H3. The molecule has 0 radical (unpaired) electrons. The van der Waals surface area contributed by atoms with Crippen LogP contribution < -0.4 is 4.90 Å². The van der Waals surface area contributed by atoms with Crippen molar-refractivity contribution in [1.82, 2.24) is 14.9 Å². The van der Waals surface area contributed by atoms with E-state index >= 15 is 0 Å². The molecule has 4 rings (SSSR count). The number of anilines is 1. The van der Waals surface area contributed by atoms with Crippen molar-refractivity contribution in [2.45, 2.75) is 63.8 Å². The van der Waals surface area contributed by atoms with E-state index in [2.05, 4.69) is 27.8 Å². The van der Waals surface area contributed by atoms with Crippen LogP contribution in [-0.4, -0.2) is 47.1 Å². The Kier molecular flexibility index (Phi) is 4.03. The third-order valence-electron chi connectivity index (χ3n) is 5.53. The van der Waals surface area contributed by atoms with E-state index in [0.717, 1.165) is 36.5 Å². The van der Waals surface area contributed by atoms with Gasteiger partial charge in [0, 0.05) is 49.9 Å². The van der Waals surface area contributed by atoms with Crippen molar-refractivity contribution in [3.8, 4) is 0 Å². The van der Waals surface area contributed by atoms with Gasteiger partial charge in [0.05, 0.1) is 0 Å². The molecular weight excluding hydrogens is 272 g/mol. The minimum absolute atomic E-state index is 0.641. The van der Waals surface area contributed by atoms with Crippen LogP contribution in [0.2, 0.25) is 0 Å². The predicted octanol–water partition coefficient (Wildman–Crippen LogP) is 3.12. The Morgan fingerprint density at radius 1 is 0.909 bits per heavy atom. The fraction of sp³-hybridized carbons (Fsp3) is 0.778. The zero-order chi connectivity index (χ0) is 14.9. The van der Waals surface area contributed by atoms with Crippen LogP contribution in [0.5, 0.6) is 0 Å². The summed E-state index contributed by atoms with van der Waals surface area (Å²) in [6, 6.07) is 3.02. The normalized spacial score (nSPS) is 24.7. The SMILES string of the molecule is Cc1cc(N2CCN(C3CCCCC3)CC2)nc(C2CC2)n1. The lowest BCUT2D eigenvalue weighted by Crippen LogP contribution is -2.51. The van der Waals surface area contributed by atoms with E-state index in [1.165, 1.54) is 58.0 Å². The maximum absolute atomic E-state index is 4.85. The Hall–Kier alpha value is -1.16. The van der Waals surface area contributed by atoms with Crippen LogP contribution in [0.4, 0.5) is 5.82 Å². The van der Waals surface area contributed by atoms with Crippen LogP contribution in [0, 0.1) is 6.92 Å². The number of rotatable bonds is 3. The van der Waals surface area contributed by atoms with Gasteiger partial charge in [0.15, 0.2) is 0 Å². The van der Waals surface area contributed by atoms with E-state index in [9.17, 15) is 0 Å². The first-order valence-electron chi connectivity index (χ1n) is 9.14. The van der Waals surface area contributed by atoms with Gasteiger partial charge >= 0.3 is 0 Å². The molecule has 22 heavy (non-hydrogen) atoms. The molecule has 0 unspecified atom stereocenters. The summed E-state index contributed by atoms with van der Waals surface area (Å²) in [5.41, 5.74) is 1.13. The molecule has 0 N–H and O–H groups in total. The first kappa shape index (κ1) is 14.4. The lowest BCUT2D eigenvalue weighted by Gasteiger charge is -2.41. The van der Waals surface area contributed by atoms with Gasteiger partial charge in [-0.05, 0) is 32.6 Å². The molecule has 0 atom stereocenters. The average molecular weight is 300 g/mol. The summed E-state index contributed by atoms with van der Waals surface area (Å²) in [6.07, 6.45) is 9.69. The van der Waals surface area contributed by atoms with Crippen LogP contribution in [0.3, 0.4) is 0 Å². The topological polar surface area (TPSA) is 32.3 Å². The Morgan fingerprint density at radius 3 is 2.32 bits per heavy atom. The summed E-state index contributed by atoms with van der Waals surface area (Å²) in [5, 5.41) is 0. The van der Waals surface area contributed by atoms with Crippen LogP contribution in [0.15, 0.2) is 6.07 Å². The van der Waals surface area contributed by atoms with Crippen molar-refractivity contribution in [2.75, 3.05) is 31.1 Å². The van der Waals surface area contributed by atoms with Crippen LogP contribution in [0.1, 0.15) is 62.4 Å². The molecule has 0 bridgehead atoms. The molecule has 0 spiro atoms. The van der Waals surface area contributed by atoms with Gasteiger partial charge in [0.1, 0.15) is 11.6 Å². The van der Waals surface area contributed by atoms with Gasteiger partial charge in [-0.1, -0.05) is 19.3 Å². The molecule has 120 valence electrons. The van der Waals surface area contributed by atoms with Gasteiger partial charge in [0.2, 0.25) is 0 Å². The van der Waals surface area contributed by atoms with E-state index in [1.54, 1.807) is 0 Å². The summed E-state index contributed by atoms with van der Waals surface area (Å²) in [4.78, 5) is 14.7. The zero-order valence-corrected chi connectivity index (χ0v) is 13.8. The highest BCUT2D eigenvalue weighted by Crippen LogP contribution is 2.38. The highest BCUT2D eigenvalue weighted by atomic mass is 15.3. The van der Waals surface area contributed by atoms with Crippen molar-refractivity contribution >= 4 is 5.82 Å². The van der Waals surface area contributed by atoms with Gasteiger partial charge in [-0.3, -0.25) is 4.90 Å². The lowest BCUT2D eigenvalue weighted by molar-refractivity contribution is 0.147. The summed E-state index contributed by atoms with van der Waals surface area (Å²) in [7, 11) is 0. The number of aryl methyl sites for hydroxylation is 1. The second-order valence-corrected chi connectivity index (χ2v) is 7.31. The van der Waals surface area contributed by atoms with Gasteiger partial charge in [0.25, 0.3) is 0 Å². The van der Waals surface area contributed by atoms with Gasteiger partial charge < -0.3 is 4.90 Å². The fourth-order valence-electron chi connectivity index (χ4n) is 4.02. The molecule has 0 amide bonds. The predicted molar refractivity (Wildman–Crippen MR) is 89.4 cm³/mol. The lowest BCUT2D eigenvalue weighted by atomic mass is 9.94. The Labute approximate surface area is 133 Å². The molecule has 1 saturated heterocycles. The van der Waals surface area contributed by atoms with Crippen molar-refractivity contribution in [3.05, 3.63) is 17.6 Å². The van der Waals surface area contributed by atoms with Crippen molar-refractivity contribution < 1.29 is 0 Å². The monoisotopic (exact) mass is 300 g/mol. The smallest absolute Gasteiger partial charge is 0.134 e. The quantitative estimate of drug-likeness (QED) is 0.858. The van der Waals surface area contributed by atoms with Crippen LogP contribution >= 0.6 is 0 Å². The molecular formula is C18H28N4. The van der Waals surface area contributed by atoms with E-state index in [0.29, 0.717) is 5.92 Å². The molecule has 2 heterocycles. The van der Waals surface area contributed by atoms with E-state index in [1.807, 2.05) is 0 Å². The minimum Gasteiger partial charge on any atom is -0.354 e. The summed E-state index contributed by atoms with van der Waals surface area (Å²) < 4.78 is 0. The first-order chi connectivity index (χ1) is 10.8. The largest absolute Gasteiger partial charge is 0.354 e. The van der Waals surface area contributed by atoms with E-state index in [4.69, 9.17) is 4.98 Å². The van der Waals surface area contributed by atoms with Gasteiger partial charge in [-0.25, -0.2) is 9.97 Å². The van der Waals surface area contributed by atoms with Crippen molar-refractivity contribution in [3.63, 3.8) is 0 Å². The fourth-order valence-corrected chi connectivity index (χ4v) is 4.02. The summed E-state index contributed by atoms with van der Waals surface area (Å²) in [6.45, 7) is 6.75. The van der Waals surface area contributed by atoms with E-state index < -0.39 is 0 Å². The second kappa shape index (κ2) is 6.15. The number of nitrogens with zero attached hydrogens (tertiary/aromatic N) is 4. The number of aromatic nitrogens is 2. The molecule has 1 aromatic rings. The Morgan fingerprint density at radius 2 is 1.64 bits per heavy atom. The van der Waals surface area contributed by atoms with Crippen molar-refractivity contribution in [1.29, 1.82) is 0 Å². The second-order valence-electron chi connectivity index (χ2n) is 7.31. The summed E-state index contributed by atoms with van der Waals surface area (Å²) in [5.74, 6) is 2.89. The Bertz CT molecular complexity index is 512. The van der Waals surface area contributed by atoms with Gasteiger partial charge in [-0.15, -0.1) is 0 Å². The van der Waals surface area contributed by atoms with Crippen LogP contribution in [-0.2, 0) is 0 Å². The third-order valence-corrected chi connectivity index (χ3v) is 5.53. The molecule has 4 heteroatoms. The first-order valence-corrected chi connectivity index (χ1v) is 9.14. The summed E-state index contributed by atoms with van der Waals surface area (Å²) >= 11 is 0. The highest BCUT2D eigenvalue weighted by molar-refractivity contribution is 5.41. The van der Waals surface area contributed by atoms with Crippen LogP contribution in [0.25, 0.3) is 0 Å². The molecule has 3 fully saturated rings. The molecule has 1 aromatic heterocycles. The average Bonchev–Trinajstić information content (AvgIpc) is 3.40. The molecule has 4 nitrogen and oxygen atoms in total. The Balaban J connectivity index is 1.40. The number of hydrogen-bond donors (Lipinski definition) is 0. The maximum Gasteiger partial charge on any atom is 0.134 e. The minimum atomic E-state index is 0.641. The zero-order valence-electron chi connectivity index (χ0n) is 13.8. The molecule has 2 saturated carbocycles. The maximum atomic E-state index is 4.85. The molecule has 2 aliphatic carbocycles. The molecule has 1 aliphatic heterocycles. The third kappa shape index (κ3) is 3.12. The number of piperazine rings is 1. The molecule has 3 aliphatic rings. The highest BCUT2D eigenvalue weighted by Gasteiger charge is 2.29. The van der Waals surface area contributed by atoms with Crippen molar-refractivity contribution in [2.24, 2.45) is 0 Å².